The Labute approximate surface area is 134 Å². The Morgan fingerprint density at radius 2 is 2.14 bits per heavy atom. The Kier molecular flexibility index (Phi) is 5.49. The van der Waals surface area contributed by atoms with Gasteiger partial charge in [-0.25, -0.2) is 4.79 Å². The number of carbonyl (C=O) groups excluding carboxylic acids is 2. The number of carbonyl (C=O) groups is 2. The number of nitrogens with zero attached hydrogens (tertiary/aromatic N) is 1. The molecular weight excluding hydrogens is 306 g/mol. The Bertz CT molecular complexity index is 561. The van der Waals surface area contributed by atoms with Crippen LogP contribution >= 0.6 is 11.6 Å². The highest BCUT2D eigenvalue weighted by Gasteiger charge is 2.23. The molecule has 120 valence electrons. The van der Waals surface area contributed by atoms with Gasteiger partial charge in [0, 0.05) is 31.1 Å². The third-order valence-electron chi connectivity index (χ3n) is 3.35. The molecule has 7 heteroatoms. The first-order chi connectivity index (χ1) is 10.5. The zero-order chi connectivity index (χ0) is 16.1. The molecule has 0 unspecified atom stereocenters. The second-order valence-corrected chi connectivity index (χ2v) is 5.60. The number of amides is 3. The van der Waals surface area contributed by atoms with Crippen molar-refractivity contribution < 1.29 is 14.3 Å². The molecule has 22 heavy (non-hydrogen) atoms. The van der Waals surface area contributed by atoms with Crippen LogP contribution in [0.5, 0.6) is 5.75 Å². The first-order valence-corrected chi connectivity index (χ1v) is 7.55. The molecule has 1 aliphatic carbocycles. The predicted molar refractivity (Wildman–Crippen MR) is 85.6 cm³/mol. The van der Waals surface area contributed by atoms with Gasteiger partial charge < -0.3 is 20.3 Å². The topological polar surface area (TPSA) is 70.7 Å². The zero-order valence-electron chi connectivity index (χ0n) is 12.7. The van der Waals surface area contributed by atoms with Crippen molar-refractivity contribution in [2.24, 2.45) is 0 Å². The lowest BCUT2D eigenvalue weighted by Gasteiger charge is -2.23. The monoisotopic (exact) mass is 325 g/mol. The molecule has 0 saturated heterocycles. The van der Waals surface area contributed by atoms with E-state index in [4.69, 9.17) is 16.3 Å². The van der Waals surface area contributed by atoms with Crippen LogP contribution in [0.15, 0.2) is 18.2 Å². The Morgan fingerprint density at radius 3 is 2.73 bits per heavy atom. The molecule has 0 aliphatic heterocycles. The van der Waals surface area contributed by atoms with Gasteiger partial charge in [-0.2, -0.15) is 0 Å². The minimum atomic E-state index is -0.205. The minimum absolute atomic E-state index is 0.148. The first kappa shape index (κ1) is 16.4. The average Bonchev–Trinajstić information content (AvgIpc) is 3.27. The second-order valence-electron chi connectivity index (χ2n) is 5.16. The van der Waals surface area contributed by atoms with Crippen molar-refractivity contribution in [3.05, 3.63) is 23.2 Å². The summed E-state index contributed by atoms with van der Waals surface area (Å²) in [6.07, 6.45) is 2.07. The van der Waals surface area contributed by atoms with E-state index in [1.165, 1.54) is 18.9 Å². The maximum atomic E-state index is 11.9. The van der Waals surface area contributed by atoms with Crippen LogP contribution in [-0.2, 0) is 4.79 Å². The van der Waals surface area contributed by atoms with Gasteiger partial charge in [0.1, 0.15) is 5.75 Å². The van der Waals surface area contributed by atoms with Crippen molar-refractivity contribution in [3.63, 3.8) is 0 Å². The number of methoxy groups -OCH3 is 1. The van der Waals surface area contributed by atoms with Crippen molar-refractivity contribution in [1.29, 1.82) is 0 Å². The van der Waals surface area contributed by atoms with Crippen molar-refractivity contribution >= 4 is 29.2 Å². The molecule has 0 spiro atoms. The van der Waals surface area contributed by atoms with E-state index < -0.39 is 0 Å². The van der Waals surface area contributed by atoms with Gasteiger partial charge in [0.15, 0.2) is 0 Å². The van der Waals surface area contributed by atoms with Crippen LogP contribution in [0, 0.1) is 0 Å². The molecule has 6 nitrogen and oxygen atoms in total. The molecule has 0 atom stereocenters. The summed E-state index contributed by atoms with van der Waals surface area (Å²) in [4.78, 5) is 25.0. The first-order valence-electron chi connectivity index (χ1n) is 7.17. The average molecular weight is 326 g/mol. The quantitative estimate of drug-likeness (QED) is 0.842. The van der Waals surface area contributed by atoms with Gasteiger partial charge in [-0.3, -0.25) is 4.79 Å². The number of hydrogen-bond donors (Lipinski definition) is 2. The van der Waals surface area contributed by atoms with Gasteiger partial charge >= 0.3 is 6.03 Å². The van der Waals surface area contributed by atoms with Crippen LogP contribution in [-0.4, -0.2) is 38.2 Å². The molecule has 1 aromatic rings. The second kappa shape index (κ2) is 7.35. The van der Waals surface area contributed by atoms with Gasteiger partial charge in [-0.05, 0) is 31.0 Å². The van der Waals surface area contributed by atoms with Crippen molar-refractivity contribution in [1.82, 2.24) is 10.6 Å². The molecule has 0 radical (unpaired) electrons. The molecule has 1 aromatic carbocycles. The summed E-state index contributed by atoms with van der Waals surface area (Å²) in [7, 11) is 1.53. The Hall–Kier alpha value is -1.95. The molecule has 0 bridgehead atoms. The maximum absolute atomic E-state index is 11.9. The van der Waals surface area contributed by atoms with E-state index in [1.807, 2.05) is 0 Å². The Balaban J connectivity index is 1.98. The van der Waals surface area contributed by atoms with Crippen LogP contribution in [0.25, 0.3) is 0 Å². The summed E-state index contributed by atoms with van der Waals surface area (Å²) in [5.74, 6) is 0.409. The zero-order valence-corrected chi connectivity index (χ0v) is 13.4. The molecule has 1 fully saturated rings. The van der Waals surface area contributed by atoms with Crippen LogP contribution in [0.1, 0.15) is 19.8 Å². The third-order valence-corrected chi connectivity index (χ3v) is 3.58. The number of ether oxygens (including phenoxy) is 1. The van der Waals surface area contributed by atoms with Crippen LogP contribution < -0.4 is 20.3 Å². The number of benzene rings is 1. The van der Waals surface area contributed by atoms with E-state index in [2.05, 4.69) is 10.6 Å². The molecule has 1 aliphatic rings. The highest BCUT2D eigenvalue weighted by molar-refractivity contribution is 6.31. The lowest BCUT2D eigenvalue weighted by Crippen LogP contribution is -2.42. The summed E-state index contributed by atoms with van der Waals surface area (Å²) in [6, 6.07) is 5.18. The lowest BCUT2D eigenvalue weighted by molar-refractivity contribution is -0.116. The molecular formula is C15H20ClN3O3. The van der Waals surface area contributed by atoms with E-state index in [-0.39, 0.29) is 11.9 Å². The number of anilines is 1. The number of rotatable bonds is 6. The largest absolute Gasteiger partial charge is 0.495 e. The van der Waals surface area contributed by atoms with Crippen molar-refractivity contribution in [2.45, 2.75) is 25.8 Å². The SMILES string of the molecule is COc1ccc(Cl)cc1N(CCNC(=O)NC1CC1)C(C)=O. The fourth-order valence-corrected chi connectivity index (χ4v) is 2.23. The van der Waals surface area contributed by atoms with E-state index in [9.17, 15) is 9.59 Å². The van der Waals surface area contributed by atoms with Crippen LogP contribution in [0.4, 0.5) is 10.5 Å². The molecule has 0 heterocycles. The minimum Gasteiger partial charge on any atom is -0.495 e. The summed E-state index contributed by atoms with van der Waals surface area (Å²) < 4.78 is 5.27. The van der Waals surface area contributed by atoms with Crippen LogP contribution in [0.2, 0.25) is 5.02 Å². The number of hydrogen-bond acceptors (Lipinski definition) is 3. The normalized spacial score (nSPS) is 13.4. The number of nitrogens with one attached hydrogen (secondary N) is 2. The van der Waals surface area contributed by atoms with Gasteiger partial charge in [0.2, 0.25) is 5.91 Å². The molecule has 3 amide bonds. The maximum Gasteiger partial charge on any atom is 0.315 e. The highest BCUT2D eigenvalue weighted by atomic mass is 35.5. The van der Waals surface area contributed by atoms with Gasteiger partial charge in [0.25, 0.3) is 0 Å². The summed E-state index contributed by atoms with van der Waals surface area (Å²) in [5.41, 5.74) is 0.590. The van der Waals surface area contributed by atoms with E-state index >= 15 is 0 Å². The number of urea groups is 1. The lowest BCUT2D eigenvalue weighted by atomic mass is 10.2. The van der Waals surface area contributed by atoms with Crippen molar-refractivity contribution in [3.8, 4) is 5.75 Å². The van der Waals surface area contributed by atoms with E-state index in [0.717, 1.165) is 12.8 Å². The number of halogens is 1. The van der Waals surface area contributed by atoms with E-state index in [0.29, 0.717) is 35.6 Å². The Morgan fingerprint density at radius 1 is 1.41 bits per heavy atom. The smallest absolute Gasteiger partial charge is 0.315 e. The van der Waals surface area contributed by atoms with Gasteiger partial charge in [-0.15, -0.1) is 0 Å². The highest BCUT2D eigenvalue weighted by Crippen LogP contribution is 2.31. The summed E-state index contributed by atoms with van der Waals surface area (Å²) >= 11 is 6.00. The third kappa shape index (κ3) is 4.53. The van der Waals surface area contributed by atoms with Crippen molar-refractivity contribution in [2.75, 3.05) is 25.1 Å². The molecule has 2 N–H and O–H groups in total. The standard InChI is InChI=1S/C15H20ClN3O3/c1-10(20)19(8-7-17-15(21)18-12-4-5-12)13-9-11(16)3-6-14(13)22-2/h3,6,9,12H,4-5,7-8H2,1-2H3,(H2,17,18,21). The fraction of sp³-hybridized carbons (Fsp3) is 0.467. The van der Waals surface area contributed by atoms with Crippen LogP contribution in [0.3, 0.4) is 0 Å². The summed E-state index contributed by atoms with van der Waals surface area (Å²) in [6.45, 7) is 2.14. The molecule has 2 rings (SSSR count). The predicted octanol–water partition coefficient (Wildman–Crippen LogP) is 2.16. The fourth-order valence-electron chi connectivity index (χ4n) is 2.07. The molecule has 1 saturated carbocycles. The summed E-state index contributed by atoms with van der Waals surface area (Å²) in [5, 5.41) is 6.09. The van der Waals surface area contributed by atoms with E-state index in [1.54, 1.807) is 18.2 Å². The molecule has 0 aromatic heterocycles. The van der Waals surface area contributed by atoms with Gasteiger partial charge in [0.05, 0.1) is 12.8 Å². The van der Waals surface area contributed by atoms with Gasteiger partial charge in [-0.1, -0.05) is 11.6 Å².